The summed E-state index contributed by atoms with van der Waals surface area (Å²) < 4.78 is 56.2. The molecule has 0 radical (unpaired) electrons. The standard InChI is InChI=1S/C27H17F4N5O2/c28-17-4-6-18(7-5-17)35-26(38)20-12-15(3-8-21(20)27(29,30)31)19-2-1-11-36-23(19)14-34-25(36)22-13-16(24(32)37)9-10-33-22/h1-14H,(H2,32,37)(H,35,38). The molecule has 0 fully saturated rings. The van der Waals surface area contributed by atoms with E-state index in [2.05, 4.69) is 15.3 Å². The zero-order valence-electron chi connectivity index (χ0n) is 19.3. The van der Waals surface area contributed by atoms with Crippen molar-refractivity contribution in [1.82, 2.24) is 14.4 Å². The number of nitrogens with one attached hydrogen (secondary N) is 1. The molecule has 0 spiro atoms. The molecule has 3 heterocycles. The summed E-state index contributed by atoms with van der Waals surface area (Å²) in [6, 6.07) is 14.2. The minimum atomic E-state index is -4.79. The number of imidazole rings is 1. The van der Waals surface area contributed by atoms with E-state index in [-0.39, 0.29) is 11.3 Å². The summed E-state index contributed by atoms with van der Waals surface area (Å²) in [5, 5.41) is 2.38. The summed E-state index contributed by atoms with van der Waals surface area (Å²) in [4.78, 5) is 33.1. The van der Waals surface area contributed by atoms with Gasteiger partial charge in [-0.2, -0.15) is 13.2 Å². The first-order valence-electron chi connectivity index (χ1n) is 11.1. The number of aromatic nitrogens is 3. The molecule has 7 nitrogen and oxygen atoms in total. The molecule has 3 aromatic heterocycles. The van der Waals surface area contributed by atoms with E-state index in [9.17, 15) is 27.2 Å². The number of carbonyl (C=O) groups excluding carboxylic acids is 2. The first-order valence-corrected chi connectivity index (χ1v) is 11.1. The summed E-state index contributed by atoms with van der Waals surface area (Å²) in [5.74, 6) is -1.80. The van der Waals surface area contributed by atoms with Crippen LogP contribution in [-0.4, -0.2) is 26.2 Å². The summed E-state index contributed by atoms with van der Waals surface area (Å²) >= 11 is 0. The number of primary amides is 1. The molecule has 3 N–H and O–H groups in total. The lowest BCUT2D eigenvalue weighted by molar-refractivity contribution is -0.137. The van der Waals surface area contributed by atoms with Gasteiger partial charge in [-0.05, 0) is 60.2 Å². The third kappa shape index (κ3) is 4.69. The van der Waals surface area contributed by atoms with Crippen molar-refractivity contribution in [2.75, 3.05) is 5.32 Å². The van der Waals surface area contributed by atoms with Crippen LogP contribution in [0.15, 0.2) is 85.3 Å². The van der Waals surface area contributed by atoms with Crippen LogP contribution in [0.1, 0.15) is 26.3 Å². The maximum Gasteiger partial charge on any atom is 0.417 e. The first kappa shape index (κ1) is 24.6. The normalized spacial score (nSPS) is 11.5. The van der Waals surface area contributed by atoms with E-state index in [1.807, 2.05) is 0 Å². The second-order valence-electron chi connectivity index (χ2n) is 8.27. The molecule has 0 aliphatic heterocycles. The Hall–Kier alpha value is -5.06. The molecule has 0 unspecified atom stereocenters. The van der Waals surface area contributed by atoms with Crippen LogP contribution in [0, 0.1) is 5.82 Å². The summed E-state index contributed by atoms with van der Waals surface area (Å²) in [6.45, 7) is 0. The molecule has 38 heavy (non-hydrogen) atoms. The lowest BCUT2D eigenvalue weighted by Gasteiger charge is -2.15. The molecule has 2 aromatic carbocycles. The zero-order valence-corrected chi connectivity index (χ0v) is 19.3. The number of fused-ring (bicyclic) bond motifs is 1. The van der Waals surface area contributed by atoms with Crippen LogP contribution < -0.4 is 11.1 Å². The van der Waals surface area contributed by atoms with Crippen LogP contribution in [0.2, 0.25) is 0 Å². The van der Waals surface area contributed by atoms with Crippen LogP contribution in [-0.2, 0) is 6.18 Å². The Morgan fingerprint density at radius 3 is 2.42 bits per heavy atom. The van der Waals surface area contributed by atoms with Crippen molar-refractivity contribution in [2.45, 2.75) is 6.18 Å². The molecule has 0 aliphatic carbocycles. The van der Waals surface area contributed by atoms with Crippen LogP contribution in [0.5, 0.6) is 0 Å². The van der Waals surface area contributed by atoms with Gasteiger partial charge in [0.15, 0.2) is 5.82 Å². The van der Waals surface area contributed by atoms with Gasteiger partial charge in [-0.3, -0.25) is 19.0 Å². The van der Waals surface area contributed by atoms with Gasteiger partial charge in [0.1, 0.15) is 11.5 Å². The number of hydrogen-bond donors (Lipinski definition) is 2. The van der Waals surface area contributed by atoms with Crippen molar-refractivity contribution in [3.63, 3.8) is 0 Å². The van der Waals surface area contributed by atoms with Crippen molar-refractivity contribution < 1.29 is 27.2 Å². The molecule has 5 aromatic rings. The molecule has 190 valence electrons. The fraction of sp³-hybridized carbons (Fsp3) is 0.0370. The highest BCUT2D eigenvalue weighted by Crippen LogP contribution is 2.36. The SMILES string of the molecule is NC(=O)c1ccnc(-c2ncc3c(-c4ccc(C(F)(F)F)c(C(=O)Nc5ccc(F)cc5)c4)cccn23)c1. The number of pyridine rings is 2. The van der Waals surface area contributed by atoms with E-state index in [4.69, 9.17) is 5.73 Å². The van der Waals surface area contributed by atoms with Crippen molar-refractivity contribution in [3.8, 4) is 22.6 Å². The number of nitrogens with two attached hydrogens (primary N) is 1. The Kier molecular flexibility index (Phi) is 6.11. The second kappa shape index (κ2) is 9.43. The van der Waals surface area contributed by atoms with Gasteiger partial charge < -0.3 is 11.1 Å². The van der Waals surface area contributed by atoms with Gasteiger partial charge in [0.05, 0.1) is 22.8 Å². The molecule has 0 atom stereocenters. The van der Waals surface area contributed by atoms with E-state index in [1.54, 1.807) is 22.7 Å². The Morgan fingerprint density at radius 2 is 1.71 bits per heavy atom. The molecular formula is C27H17F4N5O2. The van der Waals surface area contributed by atoms with E-state index >= 15 is 0 Å². The van der Waals surface area contributed by atoms with Crippen LogP contribution in [0.4, 0.5) is 23.2 Å². The molecule has 11 heteroatoms. The van der Waals surface area contributed by atoms with E-state index in [1.165, 1.54) is 42.7 Å². The molecule has 2 amide bonds. The molecular weight excluding hydrogens is 502 g/mol. The number of halogens is 4. The Bertz CT molecular complexity index is 1690. The average molecular weight is 519 g/mol. The number of alkyl halides is 3. The van der Waals surface area contributed by atoms with Crippen LogP contribution >= 0.6 is 0 Å². The third-order valence-electron chi connectivity index (χ3n) is 5.83. The number of carbonyl (C=O) groups is 2. The monoisotopic (exact) mass is 519 g/mol. The van der Waals surface area contributed by atoms with Gasteiger partial charge in [-0.25, -0.2) is 9.37 Å². The largest absolute Gasteiger partial charge is 0.417 e. The van der Waals surface area contributed by atoms with Gasteiger partial charge in [-0.1, -0.05) is 12.1 Å². The summed E-state index contributed by atoms with van der Waals surface area (Å²) in [6.07, 6.45) is -0.172. The van der Waals surface area contributed by atoms with Crippen molar-refractivity contribution in [2.24, 2.45) is 5.73 Å². The van der Waals surface area contributed by atoms with Gasteiger partial charge in [0.2, 0.25) is 5.91 Å². The third-order valence-corrected chi connectivity index (χ3v) is 5.83. The predicted octanol–water partition coefficient (Wildman–Crippen LogP) is 5.57. The molecule has 5 rings (SSSR count). The second-order valence-corrected chi connectivity index (χ2v) is 8.27. The van der Waals surface area contributed by atoms with Gasteiger partial charge in [-0.15, -0.1) is 0 Å². The van der Waals surface area contributed by atoms with Crippen LogP contribution in [0.25, 0.3) is 28.2 Å². The lowest BCUT2D eigenvalue weighted by Crippen LogP contribution is -2.19. The maximum atomic E-state index is 13.8. The van der Waals surface area contributed by atoms with E-state index in [0.29, 0.717) is 28.2 Å². The molecule has 0 saturated carbocycles. The zero-order chi connectivity index (χ0) is 27.0. The number of amides is 2. The molecule has 0 aliphatic rings. The van der Waals surface area contributed by atoms with E-state index in [0.717, 1.165) is 24.3 Å². The Balaban J connectivity index is 1.59. The fourth-order valence-electron chi connectivity index (χ4n) is 4.04. The number of nitrogens with zero attached hydrogens (tertiary/aromatic N) is 3. The Morgan fingerprint density at radius 1 is 0.947 bits per heavy atom. The average Bonchev–Trinajstić information content (AvgIpc) is 3.33. The lowest BCUT2D eigenvalue weighted by atomic mass is 9.98. The predicted molar refractivity (Wildman–Crippen MR) is 132 cm³/mol. The highest BCUT2D eigenvalue weighted by atomic mass is 19.4. The number of benzene rings is 2. The smallest absolute Gasteiger partial charge is 0.366 e. The number of hydrogen-bond acceptors (Lipinski definition) is 4. The minimum Gasteiger partial charge on any atom is -0.366 e. The summed E-state index contributed by atoms with van der Waals surface area (Å²) in [5.41, 5.74) is 5.75. The molecule has 0 saturated heterocycles. The quantitative estimate of drug-likeness (QED) is 0.296. The van der Waals surface area contributed by atoms with Gasteiger partial charge in [0.25, 0.3) is 5.91 Å². The molecule has 0 bridgehead atoms. The van der Waals surface area contributed by atoms with Gasteiger partial charge in [0, 0.05) is 29.2 Å². The van der Waals surface area contributed by atoms with Crippen LogP contribution in [0.3, 0.4) is 0 Å². The van der Waals surface area contributed by atoms with Gasteiger partial charge >= 0.3 is 6.18 Å². The first-order chi connectivity index (χ1) is 18.1. The van der Waals surface area contributed by atoms with E-state index < -0.39 is 34.9 Å². The maximum absolute atomic E-state index is 13.8. The van der Waals surface area contributed by atoms with Crippen molar-refractivity contribution in [3.05, 3.63) is 108 Å². The van der Waals surface area contributed by atoms with Crippen molar-refractivity contribution in [1.29, 1.82) is 0 Å². The topological polar surface area (TPSA) is 102 Å². The minimum absolute atomic E-state index is 0.142. The summed E-state index contributed by atoms with van der Waals surface area (Å²) in [7, 11) is 0. The van der Waals surface area contributed by atoms with Crippen molar-refractivity contribution >= 4 is 23.0 Å². The number of rotatable bonds is 5. The number of anilines is 1. The Labute approximate surface area is 212 Å². The highest BCUT2D eigenvalue weighted by Gasteiger charge is 2.35. The highest BCUT2D eigenvalue weighted by molar-refractivity contribution is 6.06. The fourth-order valence-corrected chi connectivity index (χ4v) is 4.04.